The molecule has 3 heteroatoms. The lowest BCUT2D eigenvalue weighted by atomic mass is 10.2. The van der Waals surface area contributed by atoms with Crippen LogP contribution >= 0.6 is 11.8 Å². The summed E-state index contributed by atoms with van der Waals surface area (Å²) in [5.74, 6) is 0.463. The van der Waals surface area contributed by atoms with E-state index in [0.29, 0.717) is 11.1 Å². The molecular weight excluding hydrogens is 144 g/mol. The first-order chi connectivity index (χ1) is 4.57. The number of nitrogens with zero attached hydrogens (tertiary/aromatic N) is 1. The summed E-state index contributed by atoms with van der Waals surface area (Å²) in [4.78, 5) is 4.87. The molecule has 10 heavy (non-hydrogen) atoms. The predicted molar refractivity (Wildman–Crippen MR) is 49.1 cm³/mol. The highest BCUT2D eigenvalue weighted by atomic mass is 32.2. The molecule has 2 nitrogen and oxygen atoms in total. The highest BCUT2D eigenvalue weighted by Crippen LogP contribution is 2.20. The van der Waals surface area contributed by atoms with Crippen molar-refractivity contribution in [3.63, 3.8) is 0 Å². The van der Waals surface area contributed by atoms with E-state index in [9.17, 15) is 0 Å². The lowest BCUT2D eigenvalue weighted by Crippen LogP contribution is -2.07. The molecule has 0 aromatic heterocycles. The summed E-state index contributed by atoms with van der Waals surface area (Å²) in [6, 6.07) is 0. The second-order valence-corrected chi connectivity index (χ2v) is 3.43. The Morgan fingerprint density at radius 2 is 2.10 bits per heavy atom. The topological polar surface area (TPSA) is 38.4 Å². The molecule has 0 aliphatic heterocycles. The van der Waals surface area contributed by atoms with Crippen LogP contribution in [-0.4, -0.2) is 12.2 Å². The molecule has 0 radical (unpaired) electrons. The summed E-state index contributed by atoms with van der Waals surface area (Å²) in [5.41, 5.74) is 5.46. The molecule has 0 aromatic rings. The van der Waals surface area contributed by atoms with E-state index >= 15 is 0 Å². The van der Waals surface area contributed by atoms with Gasteiger partial charge in [-0.25, -0.2) is 0 Å². The van der Waals surface area contributed by atoms with E-state index in [2.05, 4.69) is 25.4 Å². The summed E-state index contributed by atoms with van der Waals surface area (Å²) in [6.07, 6.45) is 0. The van der Waals surface area contributed by atoms with Crippen molar-refractivity contribution in [3.8, 4) is 0 Å². The van der Waals surface area contributed by atoms with Crippen molar-refractivity contribution < 1.29 is 0 Å². The maximum absolute atomic E-state index is 5.46. The summed E-state index contributed by atoms with van der Waals surface area (Å²) >= 11 is 1.44. The van der Waals surface area contributed by atoms with Crippen molar-refractivity contribution in [2.45, 2.75) is 13.8 Å². The average molecular weight is 158 g/mol. The lowest BCUT2D eigenvalue weighted by molar-refractivity contribution is 0.821. The number of nitrogens with two attached hydrogens (primary N) is 1. The maximum Gasteiger partial charge on any atom is 0.158 e. The van der Waals surface area contributed by atoms with Gasteiger partial charge in [0, 0.05) is 7.05 Å². The van der Waals surface area contributed by atoms with Gasteiger partial charge in [0.25, 0.3) is 0 Å². The molecule has 0 spiro atoms. The first-order valence-corrected chi connectivity index (χ1v) is 3.98. The van der Waals surface area contributed by atoms with Gasteiger partial charge in [-0.2, -0.15) is 0 Å². The van der Waals surface area contributed by atoms with Crippen LogP contribution < -0.4 is 5.73 Å². The van der Waals surface area contributed by atoms with E-state index in [0.717, 1.165) is 4.91 Å². The number of thioether (sulfide) groups is 1. The van der Waals surface area contributed by atoms with Gasteiger partial charge in [-0.1, -0.05) is 32.2 Å². The van der Waals surface area contributed by atoms with Crippen LogP contribution in [0.3, 0.4) is 0 Å². The fourth-order valence-corrected chi connectivity index (χ4v) is 0.893. The molecule has 0 aromatic carbocycles. The Hall–Kier alpha value is -0.440. The van der Waals surface area contributed by atoms with Crippen molar-refractivity contribution in [3.05, 3.63) is 11.5 Å². The summed E-state index contributed by atoms with van der Waals surface area (Å²) in [5, 5.41) is 0.582. The molecular formula is C7H14N2S. The van der Waals surface area contributed by atoms with E-state index in [4.69, 9.17) is 5.73 Å². The molecule has 0 atom stereocenters. The van der Waals surface area contributed by atoms with Crippen molar-refractivity contribution in [1.82, 2.24) is 0 Å². The maximum atomic E-state index is 5.46. The van der Waals surface area contributed by atoms with E-state index in [1.165, 1.54) is 11.8 Å². The van der Waals surface area contributed by atoms with Gasteiger partial charge in [-0.3, -0.25) is 4.99 Å². The third-order valence-corrected chi connectivity index (χ3v) is 2.23. The number of amidine groups is 1. The van der Waals surface area contributed by atoms with Gasteiger partial charge in [0.15, 0.2) is 5.17 Å². The molecule has 58 valence electrons. The lowest BCUT2D eigenvalue weighted by Gasteiger charge is -2.06. The third kappa shape index (κ3) is 3.56. The van der Waals surface area contributed by atoms with E-state index < -0.39 is 0 Å². The first kappa shape index (κ1) is 9.56. The van der Waals surface area contributed by atoms with E-state index in [-0.39, 0.29) is 0 Å². The molecule has 0 heterocycles. The van der Waals surface area contributed by atoms with Crippen molar-refractivity contribution in [2.24, 2.45) is 16.6 Å². The molecule has 0 amide bonds. The Labute approximate surface area is 66.6 Å². The van der Waals surface area contributed by atoms with Crippen molar-refractivity contribution in [2.75, 3.05) is 7.05 Å². The Kier molecular flexibility index (Phi) is 4.19. The quantitative estimate of drug-likeness (QED) is 0.492. The van der Waals surface area contributed by atoms with Gasteiger partial charge < -0.3 is 5.73 Å². The Morgan fingerprint density at radius 3 is 2.40 bits per heavy atom. The van der Waals surface area contributed by atoms with E-state index in [1.54, 1.807) is 7.05 Å². The van der Waals surface area contributed by atoms with Gasteiger partial charge in [0.2, 0.25) is 0 Å². The molecule has 0 saturated heterocycles. The van der Waals surface area contributed by atoms with Crippen LogP contribution in [0.2, 0.25) is 0 Å². The molecule has 0 rings (SSSR count). The average Bonchev–Trinajstić information content (AvgIpc) is 1.87. The van der Waals surface area contributed by atoms with Crippen molar-refractivity contribution >= 4 is 16.9 Å². The largest absolute Gasteiger partial charge is 0.378 e. The van der Waals surface area contributed by atoms with Crippen LogP contribution in [-0.2, 0) is 0 Å². The molecule has 0 saturated carbocycles. The van der Waals surface area contributed by atoms with Gasteiger partial charge in [-0.15, -0.1) is 0 Å². The minimum Gasteiger partial charge on any atom is -0.378 e. The van der Waals surface area contributed by atoms with Crippen LogP contribution in [0.15, 0.2) is 16.5 Å². The minimum atomic E-state index is 0.463. The fourth-order valence-electron chi connectivity index (χ4n) is 0.298. The van der Waals surface area contributed by atoms with Crippen LogP contribution in [0.5, 0.6) is 0 Å². The summed E-state index contributed by atoms with van der Waals surface area (Å²) < 4.78 is 0. The molecule has 0 bridgehead atoms. The zero-order valence-electron chi connectivity index (χ0n) is 6.72. The summed E-state index contributed by atoms with van der Waals surface area (Å²) in [6.45, 7) is 8.01. The first-order valence-electron chi connectivity index (χ1n) is 3.16. The smallest absolute Gasteiger partial charge is 0.158 e. The van der Waals surface area contributed by atoms with E-state index in [1.807, 2.05) is 0 Å². The third-order valence-electron chi connectivity index (χ3n) is 1.10. The van der Waals surface area contributed by atoms with Crippen LogP contribution in [0.1, 0.15) is 13.8 Å². The van der Waals surface area contributed by atoms with Gasteiger partial charge in [0.1, 0.15) is 0 Å². The number of hydrogen-bond acceptors (Lipinski definition) is 2. The second-order valence-electron chi connectivity index (χ2n) is 2.28. The van der Waals surface area contributed by atoms with Gasteiger partial charge >= 0.3 is 0 Å². The Balaban J connectivity index is 3.81. The van der Waals surface area contributed by atoms with Crippen LogP contribution in [0, 0.1) is 5.92 Å². The molecule has 0 aliphatic carbocycles. The zero-order chi connectivity index (χ0) is 8.15. The predicted octanol–water partition coefficient (Wildman–Crippen LogP) is 1.83. The zero-order valence-corrected chi connectivity index (χ0v) is 7.53. The molecule has 0 fully saturated rings. The second kappa shape index (κ2) is 4.39. The highest BCUT2D eigenvalue weighted by molar-refractivity contribution is 8.17. The SMILES string of the molecule is C=C(SC(N)=NC)C(C)C. The fraction of sp³-hybridized carbons (Fsp3) is 0.571. The number of allylic oxidation sites excluding steroid dienone is 1. The Bertz CT molecular complexity index is 150. The van der Waals surface area contributed by atoms with Crippen LogP contribution in [0.25, 0.3) is 0 Å². The monoisotopic (exact) mass is 158 g/mol. The Morgan fingerprint density at radius 1 is 1.60 bits per heavy atom. The normalized spacial score (nSPS) is 12.2. The highest BCUT2D eigenvalue weighted by Gasteiger charge is 2.01. The van der Waals surface area contributed by atoms with Gasteiger partial charge in [-0.05, 0) is 10.8 Å². The van der Waals surface area contributed by atoms with Crippen molar-refractivity contribution in [1.29, 1.82) is 0 Å². The number of hydrogen-bond donors (Lipinski definition) is 1. The molecule has 0 aliphatic rings. The minimum absolute atomic E-state index is 0.463. The number of rotatable bonds is 2. The molecule has 0 unspecified atom stereocenters. The van der Waals surface area contributed by atoms with Crippen LogP contribution in [0.4, 0.5) is 0 Å². The number of aliphatic imine (C=N–C) groups is 1. The molecule has 2 N–H and O–H groups in total. The summed E-state index contributed by atoms with van der Waals surface area (Å²) in [7, 11) is 1.68. The standard InChI is InChI=1S/C7H14N2S/c1-5(2)6(3)10-7(8)9-4/h5H,3H2,1-2,4H3,(H2,8,9). The van der Waals surface area contributed by atoms with Gasteiger partial charge in [0.05, 0.1) is 0 Å².